The second-order valence-electron chi connectivity index (χ2n) is 8.46. The smallest absolute Gasteiger partial charge is 0.268 e. The number of benzene rings is 1. The van der Waals surface area contributed by atoms with Gasteiger partial charge < -0.3 is 10.6 Å². The lowest BCUT2D eigenvalue weighted by atomic mass is 9.86. The van der Waals surface area contributed by atoms with Gasteiger partial charge in [0, 0.05) is 38.2 Å². The van der Waals surface area contributed by atoms with E-state index in [0.717, 1.165) is 11.1 Å². The summed E-state index contributed by atoms with van der Waals surface area (Å²) < 4.78 is 28.8. The number of nitrogens with two attached hydrogens (primary N) is 1. The van der Waals surface area contributed by atoms with Crippen LogP contribution in [0.1, 0.15) is 41.3 Å². The van der Waals surface area contributed by atoms with Crippen LogP contribution >= 0.6 is 0 Å². The van der Waals surface area contributed by atoms with Crippen molar-refractivity contribution in [3.05, 3.63) is 34.9 Å². The minimum absolute atomic E-state index is 0.106. The third-order valence-corrected chi connectivity index (χ3v) is 6.40. The zero-order valence-electron chi connectivity index (χ0n) is 16.2. The van der Waals surface area contributed by atoms with E-state index < -0.39 is 23.3 Å². The number of halogens is 2. The Morgan fingerprint density at radius 1 is 1.24 bits per heavy atom. The normalized spacial score (nSPS) is 29.3. The molecule has 1 aromatic carbocycles. The molecule has 0 saturated carbocycles. The van der Waals surface area contributed by atoms with Gasteiger partial charge >= 0.3 is 0 Å². The predicted octanol–water partition coefficient (Wildman–Crippen LogP) is 0.863. The van der Waals surface area contributed by atoms with E-state index in [1.165, 1.54) is 11.8 Å². The van der Waals surface area contributed by atoms with E-state index in [1.807, 2.05) is 6.07 Å². The molecule has 4 rings (SSSR count). The van der Waals surface area contributed by atoms with Gasteiger partial charge in [-0.05, 0) is 23.6 Å². The summed E-state index contributed by atoms with van der Waals surface area (Å²) in [6.45, 7) is 1.70. The summed E-state index contributed by atoms with van der Waals surface area (Å²) in [5.41, 5.74) is 6.37. The van der Waals surface area contributed by atoms with E-state index in [4.69, 9.17) is 5.73 Å². The molecule has 9 heteroatoms. The molecule has 2 unspecified atom stereocenters. The van der Waals surface area contributed by atoms with Crippen molar-refractivity contribution in [3.8, 4) is 0 Å². The van der Waals surface area contributed by atoms with Crippen LogP contribution in [0.3, 0.4) is 0 Å². The van der Waals surface area contributed by atoms with Crippen LogP contribution in [-0.4, -0.2) is 59.1 Å². The molecule has 29 heavy (non-hydrogen) atoms. The summed E-state index contributed by atoms with van der Waals surface area (Å²) in [6, 6.07) is 4.56. The number of rotatable bonds is 4. The van der Waals surface area contributed by atoms with Crippen LogP contribution in [-0.2, 0) is 22.7 Å². The summed E-state index contributed by atoms with van der Waals surface area (Å²) in [5, 5.41) is 2.28. The molecule has 2 fully saturated rings. The molecule has 3 aliphatic rings. The zero-order valence-corrected chi connectivity index (χ0v) is 16.2. The van der Waals surface area contributed by atoms with Crippen molar-refractivity contribution in [2.75, 3.05) is 19.6 Å². The van der Waals surface area contributed by atoms with Gasteiger partial charge in [0.1, 0.15) is 6.04 Å². The molecule has 2 atom stereocenters. The quantitative estimate of drug-likeness (QED) is 0.724. The predicted molar refractivity (Wildman–Crippen MR) is 99.9 cm³/mol. The van der Waals surface area contributed by atoms with Crippen LogP contribution in [0, 0.1) is 5.41 Å². The standard InChI is InChI=1S/C20H24F2N4O3/c1-19(9-23)10-25(11-20(19,21)22)7-12-3-2-4-13-14(12)8-26(18(13)29)15-5-6-16(27)24-17(15)28/h2-4,15H,5-11,23H2,1H3,(H,24,27,28). The highest BCUT2D eigenvalue weighted by Crippen LogP contribution is 2.43. The van der Waals surface area contributed by atoms with Crippen molar-refractivity contribution in [1.29, 1.82) is 0 Å². The molecule has 0 radical (unpaired) electrons. The van der Waals surface area contributed by atoms with Crippen molar-refractivity contribution >= 4 is 17.7 Å². The van der Waals surface area contributed by atoms with E-state index in [1.54, 1.807) is 17.0 Å². The van der Waals surface area contributed by atoms with Crippen molar-refractivity contribution in [1.82, 2.24) is 15.1 Å². The lowest BCUT2D eigenvalue weighted by Crippen LogP contribution is -2.52. The van der Waals surface area contributed by atoms with Gasteiger partial charge in [0.2, 0.25) is 11.8 Å². The first-order chi connectivity index (χ1) is 13.6. The molecule has 0 spiro atoms. The number of imide groups is 1. The summed E-state index contributed by atoms with van der Waals surface area (Å²) in [7, 11) is 0. The minimum Gasteiger partial charge on any atom is -0.330 e. The maximum atomic E-state index is 14.4. The second-order valence-corrected chi connectivity index (χ2v) is 8.46. The first kappa shape index (κ1) is 19.9. The number of likely N-dealkylation sites (tertiary alicyclic amines) is 1. The second kappa shape index (κ2) is 6.84. The van der Waals surface area contributed by atoms with Gasteiger partial charge in [-0.15, -0.1) is 0 Å². The molecule has 3 amide bonds. The van der Waals surface area contributed by atoms with Gasteiger partial charge in [-0.25, -0.2) is 8.78 Å². The number of amides is 3. The number of nitrogens with one attached hydrogen (secondary N) is 1. The Kier molecular flexibility index (Phi) is 4.70. The molecular formula is C20H24F2N4O3. The highest BCUT2D eigenvalue weighted by Gasteiger charge is 2.56. The van der Waals surface area contributed by atoms with Crippen LogP contribution in [0.2, 0.25) is 0 Å². The number of fused-ring (bicyclic) bond motifs is 1. The average molecular weight is 406 g/mol. The Hall–Kier alpha value is -2.39. The molecular weight excluding hydrogens is 382 g/mol. The molecule has 0 aliphatic carbocycles. The summed E-state index contributed by atoms with van der Waals surface area (Å²) in [5.74, 6) is -3.96. The molecule has 1 aromatic rings. The highest BCUT2D eigenvalue weighted by atomic mass is 19.3. The maximum absolute atomic E-state index is 14.4. The fourth-order valence-corrected chi connectivity index (χ4v) is 4.50. The van der Waals surface area contributed by atoms with Gasteiger partial charge in [-0.2, -0.15) is 0 Å². The molecule has 3 N–H and O–H groups in total. The molecule has 3 heterocycles. The molecule has 156 valence electrons. The van der Waals surface area contributed by atoms with E-state index >= 15 is 0 Å². The van der Waals surface area contributed by atoms with Gasteiger partial charge in [0.15, 0.2) is 0 Å². The summed E-state index contributed by atoms with van der Waals surface area (Å²) >= 11 is 0. The highest BCUT2D eigenvalue weighted by molar-refractivity contribution is 6.05. The van der Waals surface area contributed by atoms with Crippen molar-refractivity contribution < 1.29 is 23.2 Å². The van der Waals surface area contributed by atoms with Gasteiger partial charge in [-0.3, -0.25) is 24.6 Å². The summed E-state index contributed by atoms with van der Waals surface area (Å²) in [6.07, 6.45) is 0.469. The number of carbonyl (C=O) groups is 3. The molecule has 7 nitrogen and oxygen atoms in total. The van der Waals surface area contributed by atoms with E-state index in [2.05, 4.69) is 5.32 Å². The third kappa shape index (κ3) is 3.22. The van der Waals surface area contributed by atoms with Crippen LogP contribution in [0.4, 0.5) is 8.78 Å². The number of hydrogen-bond acceptors (Lipinski definition) is 5. The Labute approximate surface area is 167 Å². The largest absolute Gasteiger partial charge is 0.330 e. The van der Waals surface area contributed by atoms with Gasteiger partial charge in [0.05, 0.1) is 12.0 Å². The fourth-order valence-electron chi connectivity index (χ4n) is 4.50. The van der Waals surface area contributed by atoms with Crippen LogP contribution in [0.25, 0.3) is 0 Å². The fraction of sp³-hybridized carbons (Fsp3) is 0.550. The number of piperidine rings is 1. The van der Waals surface area contributed by atoms with Crippen molar-refractivity contribution in [3.63, 3.8) is 0 Å². The average Bonchev–Trinajstić information content (AvgIpc) is 3.10. The number of carbonyl (C=O) groups excluding carboxylic acids is 3. The lowest BCUT2D eigenvalue weighted by molar-refractivity contribution is -0.136. The SMILES string of the molecule is CC1(CN)CN(Cc2cccc3c2CN(C2CCC(=O)NC2=O)C3=O)CC1(F)F. The monoisotopic (exact) mass is 406 g/mol. The van der Waals surface area contributed by atoms with E-state index in [0.29, 0.717) is 5.56 Å². The first-order valence-electron chi connectivity index (χ1n) is 9.71. The van der Waals surface area contributed by atoms with Gasteiger partial charge in [0.25, 0.3) is 11.8 Å². The van der Waals surface area contributed by atoms with Crippen LogP contribution in [0.15, 0.2) is 18.2 Å². The number of hydrogen-bond donors (Lipinski definition) is 2. The zero-order chi connectivity index (χ0) is 21.0. The molecule has 3 aliphatic heterocycles. The lowest BCUT2D eigenvalue weighted by Gasteiger charge is -2.29. The Bertz CT molecular complexity index is 890. The molecule has 2 saturated heterocycles. The first-order valence-corrected chi connectivity index (χ1v) is 9.71. The molecule has 0 bridgehead atoms. The Balaban J connectivity index is 1.55. The van der Waals surface area contributed by atoms with E-state index in [-0.39, 0.29) is 57.4 Å². The van der Waals surface area contributed by atoms with Gasteiger partial charge in [-0.1, -0.05) is 19.1 Å². The van der Waals surface area contributed by atoms with Crippen molar-refractivity contribution in [2.24, 2.45) is 11.1 Å². The van der Waals surface area contributed by atoms with Crippen LogP contribution in [0.5, 0.6) is 0 Å². The van der Waals surface area contributed by atoms with E-state index in [9.17, 15) is 23.2 Å². The minimum atomic E-state index is -2.88. The van der Waals surface area contributed by atoms with Crippen molar-refractivity contribution in [2.45, 2.75) is 44.8 Å². The third-order valence-electron chi connectivity index (χ3n) is 6.40. The topological polar surface area (TPSA) is 95.7 Å². The molecule has 0 aromatic heterocycles. The summed E-state index contributed by atoms with van der Waals surface area (Å²) in [4.78, 5) is 39.6. The Morgan fingerprint density at radius 2 is 2.00 bits per heavy atom. The Morgan fingerprint density at radius 3 is 2.66 bits per heavy atom. The van der Waals surface area contributed by atoms with Crippen LogP contribution < -0.4 is 11.1 Å². The number of nitrogens with zero attached hydrogens (tertiary/aromatic N) is 2. The maximum Gasteiger partial charge on any atom is 0.268 e. The number of alkyl halides is 2.